The molecule has 0 spiro atoms. The van der Waals surface area contributed by atoms with Gasteiger partial charge in [0.05, 0.1) is 45.2 Å². The molecule has 4 aromatic rings. The second-order valence-corrected chi connectivity index (χ2v) is 12.0. The molecule has 2 saturated carbocycles. The molecule has 0 radical (unpaired) electrons. The van der Waals surface area contributed by atoms with Crippen LogP contribution in [0.15, 0.2) is 121 Å². The first-order chi connectivity index (χ1) is 21.6. The number of ether oxygens (including phenoxy) is 4. The van der Waals surface area contributed by atoms with Gasteiger partial charge >= 0.3 is 0 Å². The molecule has 2 aliphatic carbocycles. The quantitative estimate of drug-likeness (QED) is 0.182. The minimum Gasteiger partial charge on any atom is -0.376 e. The summed E-state index contributed by atoms with van der Waals surface area (Å²) in [7, 11) is 0. The molecule has 1 amide bonds. The van der Waals surface area contributed by atoms with Gasteiger partial charge in [-0.2, -0.15) is 0 Å². The Morgan fingerprint density at radius 1 is 0.636 bits per heavy atom. The van der Waals surface area contributed by atoms with E-state index in [4.69, 9.17) is 18.9 Å². The van der Waals surface area contributed by atoms with Gasteiger partial charge in [0.1, 0.15) is 12.2 Å². The van der Waals surface area contributed by atoms with Crippen molar-refractivity contribution < 1.29 is 23.7 Å². The maximum absolute atomic E-state index is 12.6. The second-order valence-electron chi connectivity index (χ2n) is 12.0. The van der Waals surface area contributed by atoms with E-state index in [1.165, 1.54) is 0 Å². The molecule has 0 unspecified atom stereocenters. The fourth-order valence-corrected chi connectivity index (χ4v) is 6.63. The van der Waals surface area contributed by atoms with Gasteiger partial charge in [-0.05, 0) is 34.6 Å². The molecule has 6 heteroatoms. The lowest BCUT2D eigenvalue weighted by Crippen LogP contribution is -2.62. The van der Waals surface area contributed by atoms with Crippen molar-refractivity contribution in [1.29, 1.82) is 0 Å². The van der Waals surface area contributed by atoms with Crippen molar-refractivity contribution >= 4 is 5.91 Å². The van der Waals surface area contributed by atoms with Crippen LogP contribution in [0.5, 0.6) is 0 Å². The minimum absolute atomic E-state index is 0.0835. The number of fused-ring (bicyclic) bond motifs is 1. The predicted octanol–water partition coefficient (Wildman–Crippen LogP) is 6.48. The van der Waals surface area contributed by atoms with E-state index in [0.717, 1.165) is 28.7 Å². The van der Waals surface area contributed by atoms with E-state index >= 15 is 0 Å². The van der Waals surface area contributed by atoms with Gasteiger partial charge in [0.25, 0.3) is 0 Å². The monoisotopic (exact) mass is 591 g/mol. The molecular weight excluding hydrogens is 550 g/mol. The van der Waals surface area contributed by atoms with E-state index in [0.29, 0.717) is 33.0 Å². The van der Waals surface area contributed by atoms with Crippen LogP contribution in [0.1, 0.15) is 35.6 Å². The summed E-state index contributed by atoms with van der Waals surface area (Å²) < 4.78 is 26.8. The van der Waals surface area contributed by atoms with Crippen LogP contribution in [0.4, 0.5) is 0 Å². The van der Waals surface area contributed by atoms with Crippen molar-refractivity contribution in [2.24, 2.45) is 11.3 Å². The van der Waals surface area contributed by atoms with E-state index in [9.17, 15) is 4.79 Å². The smallest absolute Gasteiger partial charge is 0.217 e. The summed E-state index contributed by atoms with van der Waals surface area (Å²) in [5.74, 6) is 0.0417. The zero-order valence-electron chi connectivity index (χ0n) is 25.2. The topological polar surface area (TPSA) is 66.0 Å². The SMILES string of the molecule is CC(=O)N[C@@H]1[C@H](OCc2ccccc2)[C@@H](OCc2ccccc2)[C@@H](OCc2ccccc2)[C@@]2(COCc3ccccc3)C[C@@H]12. The number of carbonyl (C=O) groups excluding carboxylic acids is 1. The lowest BCUT2D eigenvalue weighted by atomic mass is 9.78. The van der Waals surface area contributed by atoms with Crippen LogP contribution in [0.3, 0.4) is 0 Å². The van der Waals surface area contributed by atoms with Crippen LogP contribution in [0.25, 0.3) is 0 Å². The van der Waals surface area contributed by atoms with Gasteiger partial charge in [-0.15, -0.1) is 0 Å². The lowest BCUT2D eigenvalue weighted by Gasteiger charge is -2.46. The molecule has 228 valence electrons. The minimum atomic E-state index is -0.446. The molecule has 0 heterocycles. The van der Waals surface area contributed by atoms with E-state index in [1.54, 1.807) is 6.92 Å². The van der Waals surface area contributed by atoms with Crippen LogP contribution >= 0.6 is 0 Å². The van der Waals surface area contributed by atoms with E-state index in [-0.39, 0.29) is 29.4 Å². The summed E-state index contributed by atoms with van der Waals surface area (Å²) >= 11 is 0. The van der Waals surface area contributed by atoms with Gasteiger partial charge in [-0.3, -0.25) is 4.79 Å². The zero-order valence-corrected chi connectivity index (χ0v) is 25.2. The summed E-state index contributed by atoms with van der Waals surface area (Å²) in [5.41, 5.74) is 4.02. The fraction of sp³-hybridized carbons (Fsp3) is 0.342. The van der Waals surface area contributed by atoms with E-state index in [2.05, 4.69) is 53.8 Å². The number of hydrogen-bond donors (Lipinski definition) is 1. The Morgan fingerprint density at radius 2 is 1.07 bits per heavy atom. The number of rotatable bonds is 14. The highest BCUT2D eigenvalue weighted by atomic mass is 16.6. The van der Waals surface area contributed by atoms with Crippen molar-refractivity contribution in [1.82, 2.24) is 5.32 Å². The fourth-order valence-electron chi connectivity index (χ4n) is 6.63. The summed E-state index contributed by atoms with van der Waals surface area (Å²) in [6.07, 6.45) is -0.322. The Labute approximate surface area is 260 Å². The van der Waals surface area contributed by atoms with Gasteiger partial charge in [-0.1, -0.05) is 121 Å². The second kappa shape index (κ2) is 14.3. The summed E-state index contributed by atoms with van der Waals surface area (Å²) in [6.45, 7) is 3.83. The van der Waals surface area contributed by atoms with Crippen LogP contribution in [-0.4, -0.2) is 36.9 Å². The first-order valence-electron chi connectivity index (χ1n) is 15.5. The van der Waals surface area contributed by atoms with Crippen molar-refractivity contribution in [2.45, 2.75) is 64.1 Å². The molecule has 6 rings (SSSR count). The third kappa shape index (κ3) is 7.28. The highest BCUT2D eigenvalue weighted by molar-refractivity contribution is 5.73. The third-order valence-electron chi connectivity index (χ3n) is 8.85. The molecule has 0 bridgehead atoms. The molecule has 44 heavy (non-hydrogen) atoms. The van der Waals surface area contributed by atoms with Crippen LogP contribution < -0.4 is 5.32 Å². The summed E-state index contributed by atoms with van der Waals surface area (Å²) in [4.78, 5) is 12.6. The molecule has 1 N–H and O–H groups in total. The Hall–Kier alpha value is -3.81. The zero-order chi connectivity index (χ0) is 30.2. The molecule has 4 aromatic carbocycles. The molecule has 0 aromatic heterocycles. The normalized spacial score (nSPS) is 25.6. The van der Waals surface area contributed by atoms with Crippen LogP contribution in [0, 0.1) is 11.3 Å². The molecule has 0 aliphatic heterocycles. The number of hydrogen-bond acceptors (Lipinski definition) is 5. The summed E-state index contributed by atoms with van der Waals surface area (Å²) in [5, 5.41) is 3.26. The van der Waals surface area contributed by atoms with Gasteiger partial charge in [0.2, 0.25) is 5.91 Å². The van der Waals surface area contributed by atoms with E-state index in [1.807, 2.05) is 72.8 Å². The van der Waals surface area contributed by atoms with Crippen LogP contribution in [-0.2, 0) is 50.2 Å². The van der Waals surface area contributed by atoms with Crippen molar-refractivity contribution in [2.75, 3.05) is 6.61 Å². The maximum atomic E-state index is 12.6. The van der Waals surface area contributed by atoms with Gasteiger partial charge < -0.3 is 24.3 Å². The highest BCUT2D eigenvalue weighted by Gasteiger charge is 2.71. The molecule has 6 atom stereocenters. The number of carbonyl (C=O) groups is 1. The first-order valence-corrected chi connectivity index (χ1v) is 15.5. The van der Waals surface area contributed by atoms with Gasteiger partial charge in [0.15, 0.2) is 0 Å². The lowest BCUT2D eigenvalue weighted by molar-refractivity contribution is -0.207. The van der Waals surface area contributed by atoms with Crippen LogP contribution in [0.2, 0.25) is 0 Å². The molecule has 6 nitrogen and oxygen atoms in total. The Bertz CT molecular complexity index is 1450. The Kier molecular flexibility index (Phi) is 9.83. The molecular formula is C38H41NO5. The summed E-state index contributed by atoms with van der Waals surface area (Å²) in [6, 6.07) is 40.5. The number of amides is 1. The first kappa shape index (κ1) is 30.2. The predicted molar refractivity (Wildman–Crippen MR) is 169 cm³/mol. The number of benzene rings is 4. The van der Waals surface area contributed by atoms with Crippen molar-refractivity contribution in [3.05, 3.63) is 144 Å². The standard InChI is InChI=1S/C38H41NO5/c1-28(40)39-34-33-22-38(33,27-41-23-29-14-6-2-7-15-29)37(44-26-32-20-12-5-13-21-32)36(43-25-31-18-10-4-11-19-31)35(34)42-24-30-16-8-3-9-17-30/h2-21,33-37H,22-27H2,1H3,(H,39,40)/t33-,34-,35-,36+,37+,38+/m0/s1. The average Bonchev–Trinajstić information content (AvgIpc) is 3.80. The highest BCUT2D eigenvalue weighted by Crippen LogP contribution is 2.63. The van der Waals surface area contributed by atoms with Crippen molar-refractivity contribution in [3.8, 4) is 0 Å². The van der Waals surface area contributed by atoms with E-state index < -0.39 is 12.2 Å². The Morgan fingerprint density at radius 3 is 1.55 bits per heavy atom. The molecule has 0 saturated heterocycles. The molecule has 2 aliphatic rings. The average molecular weight is 592 g/mol. The maximum Gasteiger partial charge on any atom is 0.217 e. The van der Waals surface area contributed by atoms with Gasteiger partial charge in [-0.25, -0.2) is 0 Å². The third-order valence-corrected chi connectivity index (χ3v) is 8.85. The van der Waals surface area contributed by atoms with Gasteiger partial charge in [0, 0.05) is 12.3 Å². The molecule has 2 fully saturated rings. The number of nitrogens with one attached hydrogen (secondary N) is 1. The Balaban J connectivity index is 1.32. The van der Waals surface area contributed by atoms with Crippen molar-refractivity contribution in [3.63, 3.8) is 0 Å². The largest absolute Gasteiger partial charge is 0.376 e.